The molecule has 0 bridgehead atoms. The number of nitrogens with one attached hydrogen (secondary N) is 2. The van der Waals surface area contributed by atoms with E-state index in [1.807, 2.05) is 6.07 Å². The summed E-state index contributed by atoms with van der Waals surface area (Å²) in [7, 11) is 1.79. The van der Waals surface area contributed by atoms with E-state index in [0.29, 0.717) is 6.54 Å². The van der Waals surface area contributed by atoms with Gasteiger partial charge in [-0.05, 0) is 18.8 Å². The molecule has 0 atom stereocenters. The molecule has 1 heterocycles. The molecule has 2 rings (SSSR count). The van der Waals surface area contributed by atoms with Crippen LogP contribution in [-0.2, 0) is 6.54 Å². The Balaban J connectivity index is 0.00000200. The summed E-state index contributed by atoms with van der Waals surface area (Å²) in [5.41, 5.74) is 0.883. The Morgan fingerprint density at radius 3 is 2.85 bits per heavy atom. The zero-order chi connectivity index (χ0) is 13.3. The van der Waals surface area contributed by atoms with E-state index in [9.17, 15) is 0 Å². The minimum atomic E-state index is 0. The molecule has 0 unspecified atom stereocenters. The summed E-state index contributed by atoms with van der Waals surface area (Å²) in [6.45, 7) is 1.62. The van der Waals surface area contributed by atoms with Crippen molar-refractivity contribution in [3.05, 3.63) is 18.0 Å². The third-order valence-electron chi connectivity index (χ3n) is 3.71. The van der Waals surface area contributed by atoms with Gasteiger partial charge in [0.05, 0.1) is 6.54 Å². The van der Waals surface area contributed by atoms with Gasteiger partial charge in [0, 0.05) is 19.7 Å². The van der Waals surface area contributed by atoms with E-state index in [4.69, 9.17) is 4.52 Å². The average molecular weight is 392 g/mol. The first-order chi connectivity index (χ1) is 9.38. The van der Waals surface area contributed by atoms with Gasteiger partial charge in [-0.25, -0.2) is 0 Å². The predicted octanol–water partition coefficient (Wildman–Crippen LogP) is 2.93. The fourth-order valence-corrected chi connectivity index (χ4v) is 2.62. The molecule has 1 aliphatic rings. The highest BCUT2D eigenvalue weighted by Crippen LogP contribution is 2.28. The Bertz CT molecular complexity index is 375. The van der Waals surface area contributed by atoms with Gasteiger partial charge >= 0.3 is 0 Å². The minimum Gasteiger partial charge on any atom is -0.364 e. The lowest BCUT2D eigenvalue weighted by molar-refractivity contribution is 0.410. The van der Waals surface area contributed by atoms with E-state index in [0.717, 1.165) is 24.1 Å². The summed E-state index contributed by atoms with van der Waals surface area (Å²) in [4.78, 5) is 4.19. The molecule has 0 saturated heterocycles. The van der Waals surface area contributed by atoms with Gasteiger partial charge in [0.1, 0.15) is 12.0 Å². The Kier molecular flexibility index (Phi) is 8.64. The third-order valence-corrected chi connectivity index (χ3v) is 3.71. The largest absolute Gasteiger partial charge is 0.364 e. The van der Waals surface area contributed by atoms with Gasteiger partial charge in [0.2, 0.25) is 0 Å². The van der Waals surface area contributed by atoms with Crippen LogP contribution in [0.15, 0.2) is 21.8 Å². The molecule has 114 valence electrons. The van der Waals surface area contributed by atoms with Crippen LogP contribution in [0.5, 0.6) is 0 Å². The molecule has 5 nitrogen and oxygen atoms in total. The van der Waals surface area contributed by atoms with Gasteiger partial charge in [-0.1, -0.05) is 30.8 Å². The number of rotatable bonds is 6. The second-order valence-corrected chi connectivity index (χ2v) is 5.14. The van der Waals surface area contributed by atoms with Crippen LogP contribution in [0.4, 0.5) is 0 Å². The average Bonchev–Trinajstić information content (AvgIpc) is 3.11. The number of hydrogen-bond acceptors (Lipinski definition) is 3. The van der Waals surface area contributed by atoms with Gasteiger partial charge in [-0.15, -0.1) is 24.0 Å². The molecule has 20 heavy (non-hydrogen) atoms. The Morgan fingerprint density at radius 2 is 2.20 bits per heavy atom. The van der Waals surface area contributed by atoms with Crippen LogP contribution in [-0.4, -0.2) is 24.7 Å². The number of aliphatic imine (C=N–C) groups is 1. The van der Waals surface area contributed by atoms with Gasteiger partial charge in [-0.2, -0.15) is 0 Å². The van der Waals surface area contributed by atoms with Gasteiger partial charge < -0.3 is 15.2 Å². The van der Waals surface area contributed by atoms with Crippen molar-refractivity contribution in [2.75, 3.05) is 13.6 Å². The zero-order valence-corrected chi connectivity index (χ0v) is 14.4. The van der Waals surface area contributed by atoms with Crippen molar-refractivity contribution in [1.29, 1.82) is 0 Å². The predicted molar refractivity (Wildman–Crippen MR) is 91.3 cm³/mol. The summed E-state index contributed by atoms with van der Waals surface area (Å²) in [5, 5.41) is 10.4. The van der Waals surface area contributed by atoms with Gasteiger partial charge in [0.15, 0.2) is 5.96 Å². The lowest BCUT2D eigenvalue weighted by Crippen LogP contribution is -2.37. The number of nitrogens with zero attached hydrogens (tertiary/aromatic N) is 2. The van der Waals surface area contributed by atoms with Crippen LogP contribution >= 0.6 is 24.0 Å². The highest BCUT2D eigenvalue weighted by Gasteiger charge is 2.13. The second kappa shape index (κ2) is 10.0. The molecule has 6 heteroatoms. The lowest BCUT2D eigenvalue weighted by atomic mass is 10.0. The first-order valence-electron chi connectivity index (χ1n) is 7.22. The summed E-state index contributed by atoms with van der Waals surface area (Å²) in [5.74, 6) is 1.79. The van der Waals surface area contributed by atoms with Crippen molar-refractivity contribution >= 4 is 29.9 Å². The van der Waals surface area contributed by atoms with Crippen LogP contribution in [0.3, 0.4) is 0 Å². The Labute approximate surface area is 138 Å². The van der Waals surface area contributed by atoms with Crippen molar-refractivity contribution in [2.45, 2.75) is 45.1 Å². The maximum atomic E-state index is 4.79. The van der Waals surface area contributed by atoms with Crippen molar-refractivity contribution in [1.82, 2.24) is 15.8 Å². The molecule has 0 amide bonds. The highest BCUT2D eigenvalue weighted by molar-refractivity contribution is 14.0. The molecule has 1 aromatic heterocycles. The standard InChI is InChI=1S/C14H24N4O.HI/c1-15-14(17-11-13-8-10-19-18-13)16-9-4-7-12-5-2-3-6-12;/h8,10,12H,2-7,9,11H2,1H3,(H2,15,16,17);1H. The van der Waals surface area contributed by atoms with E-state index < -0.39 is 0 Å². The van der Waals surface area contributed by atoms with Crippen LogP contribution in [0.1, 0.15) is 44.2 Å². The van der Waals surface area contributed by atoms with Crippen molar-refractivity contribution in [2.24, 2.45) is 10.9 Å². The molecule has 1 aliphatic carbocycles. The Hall–Kier alpha value is -0.790. The second-order valence-electron chi connectivity index (χ2n) is 5.14. The molecule has 0 aromatic carbocycles. The summed E-state index contributed by atoms with van der Waals surface area (Å²) in [6.07, 6.45) is 9.85. The molecule has 0 spiro atoms. The molecular formula is C14H25IN4O. The third kappa shape index (κ3) is 6.11. The maximum Gasteiger partial charge on any atom is 0.191 e. The van der Waals surface area contributed by atoms with Crippen molar-refractivity contribution < 1.29 is 4.52 Å². The number of aromatic nitrogens is 1. The first-order valence-corrected chi connectivity index (χ1v) is 7.22. The molecule has 1 fully saturated rings. The topological polar surface area (TPSA) is 62.5 Å². The Morgan fingerprint density at radius 1 is 1.40 bits per heavy atom. The van der Waals surface area contributed by atoms with Gasteiger partial charge in [0.25, 0.3) is 0 Å². The molecule has 0 aliphatic heterocycles. The summed E-state index contributed by atoms with van der Waals surface area (Å²) in [6, 6.07) is 1.85. The SMILES string of the molecule is CN=C(NCCCC1CCCC1)NCc1ccon1.I. The van der Waals surface area contributed by atoms with Crippen LogP contribution in [0.25, 0.3) is 0 Å². The van der Waals surface area contributed by atoms with Crippen molar-refractivity contribution in [3.8, 4) is 0 Å². The zero-order valence-electron chi connectivity index (χ0n) is 12.1. The van der Waals surface area contributed by atoms with Crippen LogP contribution < -0.4 is 10.6 Å². The maximum absolute atomic E-state index is 4.79. The molecule has 1 aromatic rings. The number of guanidine groups is 1. The number of halogens is 1. The van der Waals surface area contributed by atoms with Crippen LogP contribution in [0.2, 0.25) is 0 Å². The van der Waals surface area contributed by atoms with Crippen molar-refractivity contribution in [3.63, 3.8) is 0 Å². The quantitative estimate of drug-likeness (QED) is 0.338. The van der Waals surface area contributed by atoms with E-state index in [2.05, 4.69) is 20.8 Å². The molecule has 2 N–H and O–H groups in total. The highest BCUT2D eigenvalue weighted by atomic mass is 127. The monoisotopic (exact) mass is 392 g/mol. The molecule has 0 radical (unpaired) electrons. The van der Waals surface area contributed by atoms with E-state index in [1.54, 1.807) is 13.3 Å². The summed E-state index contributed by atoms with van der Waals surface area (Å²) < 4.78 is 4.79. The minimum absolute atomic E-state index is 0. The lowest BCUT2D eigenvalue weighted by Gasteiger charge is -2.12. The van der Waals surface area contributed by atoms with E-state index >= 15 is 0 Å². The first kappa shape index (κ1) is 17.3. The van der Waals surface area contributed by atoms with Crippen LogP contribution in [0, 0.1) is 5.92 Å². The normalized spacial score (nSPS) is 15.9. The van der Waals surface area contributed by atoms with E-state index in [1.165, 1.54) is 38.5 Å². The van der Waals surface area contributed by atoms with E-state index in [-0.39, 0.29) is 24.0 Å². The summed E-state index contributed by atoms with van der Waals surface area (Å²) >= 11 is 0. The molecule has 1 saturated carbocycles. The smallest absolute Gasteiger partial charge is 0.191 e. The fourth-order valence-electron chi connectivity index (χ4n) is 2.62. The fraction of sp³-hybridized carbons (Fsp3) is 0.714. The molecular weight excluding hydrogens is 367 g/mol. The number of hydrogen-bond donors (Lipinski definition) is 2. The van der Waals surface area contributed by atoms with Gasteiger partial charge in [-0.3, -0.25) is 4.99 Å².